The molecule has 1 N–H and O–H groups in total. The van der Waals surface area contributed by atoms with Gasteiger partial charge < -0.3 is 14.0 Å². The molecule has 0 fully saturated rings. The van der Waals surface area contributed by atoms with Crippen LogP contribution in [0.3, 0.4) is 0 Å². The summed E-state index contributed by atoms with van der Waals surface area (Å²) in [7, 11) is 1.43. The van der Waals surface area contributed by atoms with Gasteiger partial charge in [0.05, 0.1) is 12.8 Å². The summed E-state index contributed by atoms with van der Waals surface area (Å²) in [6, 6.07) is 4.61. The zero-order chi connectivity index (χ0) is 12.1. The van der Waals surface area contributed by atoms with E-state index in [0.717, 1.165) is 0 Å². The minimum atomic E-state index is -2.44. The third kappa shape index (κ3) is 3.04. The second-order valence-corrected chi connectivity index (χ2v) is 3.70. The van der Waals surface area contributed by atoms with Gasteiger partial charge in [0, 0.05) is 23.3 Å². The summed E-state index contributed by atoms with van der Waals surface area (Å²) in [6.07, 6.45) is 0.367. The van der Waals surface area contributed by atoms with Crippen molar-refractivity contribution >= 4 is 22.7 Å². The molecule has 1 aromatic rings. The maximum Gasteiger partial charge on any atom is 0.162 e. The van der Waals surface area contributed by atoms with Gasteiger partial charge in [0.15, 0.2) is 5.78 Å². The molecule has 6 heteroatoms. The van der Waals surface area contributed by atoms with Gasteiger partial charge in [-0.05, 0) is 18.2 Å². The normalized spacial score (nSPS) is 11.9. The Kier molecular flexibility index (Phi) is 4.45. The third-order valence-electron chi connectivity index (χ3n) is 2.04. The van der Waals surface area contributed by atoms with Crippen molar-refractivity contribution in [2.45, 2.75) is 13.3 Å². The number of ketones is 1. The van der Waals surface area contributed by atoms with Crippen LogP contribution >= 0.6 is 0 Å². The molecule has 0 spiro atoms. The fourth-order valence-electron chi connectivity index (χ4n) is 1.26. The van der Waals surface area contributed by atoms with E-state index in [1.54, 1.807) is 19.1 Å². The molecule has 0 bridgehead atoms. The number of methoxy groups -OCH3 is 1. The third-order valence-corrected chi connectivity index (χ3v) is 2.42. The van der Waals surface area contributed by atoms with E-state index in [1.807, 2.05) is 0 Å². The molecule has 1 unspecified atom stereocenters. The molecular weight excluding hydrogens is 230 g/mol. The highest BCUT2D eigenvalue weighted by Gasteiger charge is 2.08. The van der Waals surface area contributed by atoms with Gasteiger partial charge in [0.1, 0.15) is 5.75 Å². The molecule has 0 aliphatic carbocycles. The number of carbonyl (C=O) groups is 1. The van der Waals surface area contributed by atoms with Crippen molar-refractivity contribution in [3.05, 3.63) is 23.8 Å². The Morgan fingerprint density at radius 2 is 2.25 bits per heavy atom. The van der Waals surface area contributed by atoms with Crippen molar-refractivity contribution in [1.82, 2.24) is 0 Å². The molecule has 0 aliphatic rings. The number of ether oxygens (including phenoxy) is 1. The topological polar surface area (TPSA) is 78.5 Å². The largest absolute Gasteiger partial charge is 0.755 e. The van der Waals surface area contributed by atoms with E-state index >= 15 is 0 Å². The molecule has 88 valence electrons. The Labute approximate surface area is 96.2 Å². The average Bonchev–Trinajstić information content (AvgIpc) is 2.27. The second kappa shape index (κ2) is 5.62. The van der Waals surface area contributed by atoms with Crippen LogP contribution in [-0.2, 0) is 11.3 Å². The summed E-state index contributed by atoms with van der Waals surface area (Å²) in [5, 5.41) is 0. The van der Waals surface area contributed by atoms with Crippen molar-refractivity contribution in [2.75, 3.05) is 11.8 Å². The van der Waals surface area contributed by atoms with Crippen molar-refractivity contribution in [2.24, 2.45) is 0 Å². The van der Waals surface area contributed by atoms with Gasteiger partial charge in [-0.15, -0.1) is 0 Å². The molecule has 0 heterocycles. The fourth-order valence-corrected chi connectivity index (χ4v) is 1.59. The van der Waals surface area contributed by atoms with E-state index in [-0.39, 0.29) is 11.5 Å². The Balaban J connectivity index is 3.10. The van der Waals surface area contributed by atoms with Gasteiger partial charge in [-0.2, -0.15) is 0 Å². The van der Waals surface area contributed by atoms with Crippen molar-refractivity contribution in [3.63, 3.8) is 0 Å². The van der Waals surface area contributed by atoms with Crippen LogP contribution < -0.4 is 9.46 Å². The van der Waals surface area contributed by atoms with Gasteiger partial charge in [-0.1, -0.05) is 6.92 Å². The van der Waals surface area contributed by atoms with E-state index in [0.29, 0.717) is 17.7 Å². The number of Topliss-reactive ketones (excluding diaryl/α,β-unsaturated/α-hetero) is 1. The molecule has 1 atom stereocenters. The maximum atomic E-state index is 11.4. The number of nitrogens with one attached hydrogen (secondary N) is 1. The van der Waals surface area contributed by atoms with Crippen molar-refractivity contribution in [1.29, 1.82) is 0 Å². The molecule has 1 aromatic carbocycles. The first-order valence-corrected chi connectivity index (χ1v) is 5.73. The highest BCUT2D eigenvalue weighted by Crippen LogP contribution is 2.26. The molecule has 1 rings (SSSR count). The first kappa shape index (κ1) is 12.7. The van der Waals surface area contributed by atoms with E-state index in [4.69, 9.17) is 4.74 Å². The highest BCUT2D eigenvalue weighted by atomic mass is 32.2. The number of hydrogen-bond donors (Lipinski definition) is 1. The molecule has 0 aromatic heterocycles. The predicted molar refractivity (Wildman–Crippen MR) is 60.2 cm³/mol. The van der Waals surface area contributed by atoms with Crippen LogP contribution in [-0.4, -0.2) is 21.7 Å². The lowest BCUT2D eigenvalue weighted by molar-refractivity contribution is 0.0988. The molecule has 0 radical (unpaired) electrons. The first-order valence-electron chi connectivity index (χ1n) is 4.65. The molecule has 0 saturated carbocycles. The Morgan fingerprint density at radius 3 is 2.75 bits per heavy atom. The summed E-state index contributed by atoms with van der Waals surface area (Å²) in [4.78, 5) is 11.4. The van der Waals surface area contributed by atoms with E-state index < -0.39 is 11.3 Å². The van der Waals surface area contributed by atoms with Crippen LogP contribution in [0.25, 0.3) is 0 Å². The highest BCUT2D eigenvalue weighted by molar-refractivity contribution is 7.80. The van der Waals surface area contributed by atoms with Crippen LogP contribution in [0.15, 0.2) is 18.2 Å². The summed E-state index contributed by atoms with van der Waals surface area (Å²) in [5.41, 5.74) is 0.714. The number of anilines is 1. The van der Waals surface area contributed by atoms with Gasteiger partial charge in [0.2, 0.25) is 0 Å². The number of hydrogen-bond acceptors (Lipinski definition) is 4. The first-order chi connectivity index (χ1) is 7.58. The number of benzene rings is 1. The smallest absolute Gasteiger partial charge is 0.162 e. The lowest BCUT2D eigenvalue weighted by Crippen LogP contribution is -2.06. The minimum absolute atomic E-state index is 0.0533. The second-order valence-electron chi connectivity index (χ2n) is 3.03. The van der Waals surface area contributed by atoms with Crippen LogP contribution in [0.1, 0.15) is 23.7 Å². The number of rotatable bonds is 5. The van der Waals surface area contributed by atoms with Crippen LogP contribution in [0.2, 0.25) is 0 Å². The van der Waals surface area contributed by atoms with Crippen LogP contribution in [0.4, 0.5) is 5.69 Å². The molecule has 16 heavy (non-hydrogen) atoms. The van der Waals surface area contributed by atoms with Gasteiger partial charge >= 0.3 is 0 Å². The molecule has 5 nitrogen and oxygen atoms in total. The SMILES string of the molecule is CCC(=O)c1ccc(OC)c(NS(=O)[O-])c1. The monoisotopic (exact) mass is 242 g/mol. The van der Waals surface area contributed by atoms with E-state index in [9.17, 15) is 13.6 Å². The standard InChI is InChI=1S/C10H13NO4S/c1-3-9(12)7-4-5-10(15-2)8(6-7)11-16(13)14/h4-6,11H,3H2,1-2H3,(H,13,14)/p-1. The van der Waals surface area contributed by atoms with E-state index in [2.05, 4.69) is 4.72 Å². The van der Waals surface area contributed by atoms with Gasteiger partial charge in [0.25, 0.3) is 0 Å². The zero-order valence-corrected chi connectivity index (χ0v) is 9.80. The van der Waals surface area contributed by atoms with Crippen molar-refractivity contribution in [3.8, 4) is 5.75 Å². The Morgan fingerprint density at radius 1 is 1.56 bits per heavy atom. The minimum Gasteiger partial charge on any atom is -0.755 e. The fraction of sp³-hybridized carbons (Fsp3) is 0.300. The van der Waals surface area contributed by atoms with Crippen LogP contribution in [0.5, 0.6) is 5.75 Å². The van der Waals surface area contributed by atoms with E-state index in [1.165, 1.54) is 13.2 Å². The number of carbonyl (C=O) groups excluding carboxylic acids is 1. The van der Waals surface area contributed by atoms with Gasteiger partial charge in [-0.25, -0.2) is 0 Å². The lowest BCUT2D eigenvalue weighted by atomic mass is 10.1. The molecular formula is C10H12NO4S-. The summed E-state index contributed by atoms with van der Waals surface area (Å²) in [6.45, 7) is 1.74. The Hall–Kier alpha value is -1.40. The van der Waals surface area contributed by atoms with Crippen molar-refractivity contribution < 1.29 is 18.3 Å². The summed E-state index contributed by atoms with van der Waals surface area (Å²) >= 11 is -2.44. The Bertz CT molecular complexity index is 419. The van der Waals surface area contributed by atoms with Gasteiger partial charge in [-0.3, -0.25) is 9.00 Å². The average molecular weight is 242 g/mol. The molecule has 0 amide bonds. The molecule has 0 saturated heterocycles. The maximum absolute atomic E-state index is 11.4. The van der Waals surface area contributed by atoms with Crippen LogP contribution in [0, 0.1) is 0 Å². The molecule has 0 aliphatic heterocycles. The quantitative estimate of drug-likeness (QED) is 0.626. The zero-order valence-electron chi connectivity index (χ0n) is 8.98. The summed E-state index contributed by atoms with van der Waals surface area (Å²) < 4.78 is 28.2. The summed E-state index contributed by atoms with van der Waals surface area (Å²) in [5.74, 6) is 0.319. The lowest BCUT2D eigenvalue weighted by Gasteiger charge is -2.13. The predicted octanol–water partition coefficient (Wildman–Crippen LogP) is 1.49.